The normalized spacial score (nSPS) is 44.3. The molecule has 5 rings (SSSR count). The second-order valence-corrected chi connectivity index (χ2v) is 12.6. The minimum Gasteiger partial charge on any atom is -0.512 e. The lowest BCUT2D eigenvalue weighted by molar-refractivity contribution is -0.152. The Bertz CT molecular complexity index is 1110. The summed E-state index contributed by atoms with van der Waals surface area (Å²) in [7, 11) is 1.41. The summed E-state index contributed by atoms with van der Waals surface area (Å²) in [4.78, 5) is 38.4. The lowest BCUT2D eigenvalue weighted by atomic mass is 9.51. The number of fused-ring (bicyclic) bond motifs is 3. The quantitative estimate of drug-likeness (QED) is 0.285. The second-order valence-electron chi connectivity index (χ2n) is 12.6. The van der Waals surface area contributed by atoms with E-state index in [-0.39, 0.29) is 48.1 Å². The summed E-state index contributed by atoms with van der Waals surface area (Å²) < 4.78 is 5.08. The Morgan fingerprint density at radius 1 is 1.05 bits per heavy atom. The van der Waals surface area contributed by atoms with Crippen LogP contribution in [0.2, 0.25) is 0 Å². The van der Waals surface area contributed by atoms with Crippen molar-refractivity contribution in [2.45, 2.75) is 82.5 Å². The Morgan fingerprint density at radius 3 is 2.41 bits per heavy atom. The molecule has 3 fully saturated rings. The number of aliphatic hydroxyl groups is 5. The largest absolute Gasteiger partial charge is 0.512 e. The van der Waals surface area contributed by atoms with Crippen LogP contribution in [0.3, 0.4) is 0 Å². The summed E-state index contributed by atoms with van der Waals surface area (Å²) in [6.07, 6.45) is 2.18. The minimum absolute atomic E-state index is 0.00137. The number of methoxy groups -OCH3 is 1. The molecule has 8 unspecified atom stereocenters. The molecule has 0 spiro atoms. The molecule has 0 aromatic carbocycles. The van der Waals surface area contributed by atoms with Crippen LogP contribution in [0.15, 0.2) is 22.7 Å². The van der Waals surface area contributed by atoms with Gasteiger partial charge in [0.1, 0.15) is 17.6 Å². The highest BCUT2D eigenvalue weighted by Gasteiger charge is 2.62. The number of ketones is 1. The van der Waals surface area contributed by atoms with Crippen molar-refractivity contribution in [1.29, 1.82) is 0 Å². The molecule has 0 bridgehead atoms. The fourth-order valence-electron chi connectivity index (χ4n) is 8.98. The lowest BCUT2D eigenvalue weighted by Gasteiger charge is -2.54. The van der Waals surface area contributed by atoms with Crippen LogP contribution in [-0.4, -0.2) is 68.1 Å². The summed E-state index contributed by atoms with van der Waals surface area (Å²) in [6.45, 7) is 2.12. The van der Waals surface area contributed by atoms with Gasteiger partial charge in [-0.25, -0.2) is 0 Å². The van der Waals surface area contributed by atoms with Crippen molar-refractivity contribution in [3.05, 3.63) is 22.7 Å². The smallest absolute Gasteiger partial charge is 0.308 e. The number of amides is 1. The maximum Gasteiger partial charge on any atom is 0.308 e. The van der Waals surface area contributed by atoms with E-state index in [0.717, 1.165) is 25.7 Å². The third-order valence-corrected chi connectivity index (χ3v) is 10.8. The zero-order valence-electron chi connectivity index (χ0n) is 22.6. The van der Waals surface area contributed by atoms with E-state index in [2.05, 4.69) is 6.92 Å². The van der Waals surface area contributed by atoms with Gasteiger partial charge in [0.25, 0.3) is 5.91 Å². The molecule has 0 aromatic heterocycles. The highest BCUT2D eigenvalue weighted by molar-refractivity contribution is 6.00. The molecule has 1 amide bonds. The van der Waals surface area contributed by atoms with E-state index in [1.165, 1.54) is 7.11 Å². The Hall–Kier alpha value is -2.43. The summed E-state index contributed by atoms with van der Waals surface area (Å²) in [5.41, 5.74) is 2.42. The number of carbonyl (C=O) groups is 3. The lowest BCUT2D eigenvalue weighted by Crippen LogP contribution is -2.61. The monoisotopic (exact) mass is 547 g/mol. The van der Waals surface area contributed by atoms with Crippen molar-refractivity contribution in [2.24, 2.45) is 53.1 Å². The van der Waals surface area contributed by atoms with Crippen LogP contribution in [0.1, 0.15) is 64.7 Å². The third-order valence-electron chi connectivity index (χ3n) is 10.8. The molecule has 0 aromatic rings. The van der Waals surface area contributed by atoms with Gasteiger partial charge < -0.3 is 36.0 Å². The number of nitrogens with two attached hydrogens (primary N) is 1. The van der Waals surface area contributed by atoms with Crippen LogP contribution in [0.25, 0.3) is 0 Å². The van der Waals surface area contributed by atoms with Gasteiger partial charge in [-0.2, -0.15) is 0 Å². The van der Waals surface area contributed by atoms with E-state index in [1.807, 2.05) is 0 Å². The van der Waals surface area contributed by atoms with Crippen LogP contribution >= 0.6 is 0 Å². The number of primary amides is 1. The topological polar surface area (TPSA) is 188 Å². The molecule has 11 atom stereocenters. The predicted octanol–water partition coefficient (Wildman–Crippen LogP) is 1.82. The van der Waals surface area contributed by atoms with Gasteiger partial charge in [-0.3, -0.25) is 14.4 Å². The maximum atomic E-state index is 14.0. The van der Waals surface area contributed by atoms with Crippen LogP contribution in [0.4, 0.5) is 0 Å². The molecule has 39 heavy (non-hydrogen) atoms. The van der Waals surface area contributed by atoms with Crippen molar-refractivity contribution in [3.63, 3.8) is 0 Å². The first kappa shape index (κ1) is 28.1. The molecule has 5 aliphatic rings. The summed E-state index contributed by atoms with van der Waals surface area (Å²) >= 11 is 0. The van der Waals surface area contributed by atoms with Crippen molar-refractivity contribution in [3.8, 4) is 0 Å². The molecule has 0 saturated heterocycles. The van der Waals surface area contributed by atoms with Crippen LogP contribution in [0.5, 0.6) is 0 Å². The predicted molar refractivity (Wildman–Crippen MR) is 138 cm³/mol. The van der Waals surface area contributed by atoms with E-state index in [4.69, 9.17) is 10.5 Å². The second kappa shape index (κ2) is 10.2. The van der Waals surface area contributed by atoms with E-state index in [1.54, 1.807) is 0 Å². The van der Waals surface area contributed by atoms with Gasteiger partial charge in [-0.1, -0.05) is 13.3 Å². The summed E-state index contributed by atoms with van der Waals surface area (Å²) in [5.74, 6) is -4.56. The molecule has 10 nitrogen and oxygen atoms in total. The van der Waals surface area contributed by atoms with E-state index in [0.29, 0.717) is 25.2 Å². The molecule has 0 heterocycles. The number of carbonyl (C=O) groups excluding carboxylic acids is 3. The first-order chi connectivity index (χ1) is 18.4. The SMILES string of the molecule is CCC1CC(C(=O)OC)CC(C2CCC(O)C3C(=O)C4=C(O)[C@]5(O)C(O)C(C(N)=O)=C(O)C[C@@H]5C[C@@H]4CC23)C1. The zero-order chi connectivity index (χ0) is 28.4. The zero-order valence-corrected chi connectivity index (χ0v) is 22.6. The number of allylic oxidation sites excluding steroid dienone is 2. The van der Waals surface area contributed by atoms with E-state index in [9.17, 15) is 39.9 Å². The number of rotatable bonds is 4. The Kier molecular flexibility index (Phi) is 7.35. The highest BCUT2D eigenvalue weighted by atomic mass is 16.5. The van der Waals surface area contributed by atoms with Crippen LogP contribution in [-0.2, 0) is 19.1 Å². The first-order valence-corrected chi connectivity index (χ1v) is 14.3. The van der Waals surface area contributed by atoms with Crippen molar-refractivity contribution >= 4 is 17.7 Å². The van der Waals surface area contributed by atoms with Crippen LogP contribution < -0.4 is 5.73 Å². The minimum atomic E-state index is -2.34. The molecule has 7 N–H and O–H groups in total. The van der Waals surface area contributed by atoms with Crippen molar-refractivity contribution in [1.82, 2.24) is 0 Å². The van der Waals surface area contributed by atoms with Gasteiger partial charge in [0, 0.05) is 17.9 Å². The van der Waals surface area contributed by atoms with Gasteiger partial charge >= 0.3 is 5.97 Å². The van der Waals surface area contributed by atoms with Crippen LogP contribution in [0, 0.1) is 47.3 Å². The average Bonchev–Trinajstić information content (AvgIpc) is 2.89. The number of esters is 1. The van der Waals surface area contributed by atoms with Gasteiger partial charge in [-0.05, 0) is 74.5 Å². The van der Waals surface area contributed by atoms with E-state index >= 15 is 0 Å². The summed E-state index contributed by atoms with van der Waals surface area (Å²) in [5, 5.41) is 55.2. The number of hydrogen-bond acceptors (Lipinski definition) is 9. The highest BCUT2D eigenvalue weighted by Crippen LogP contribution is 2.58. The number of ether oxygens (including phenoxy) is 1. The van der Waals surface area contributed by atoms with Gasteiger partial charge in [-0.15, -0.1) is 0 Å². The molecule has 0 aliphatic heterocycles. The molecular weight excluding hydrogens is 506 g/mol. The molecule has 3 saturated carbocycles. The first-order valence-electron chi connectivity index (χ1n) is 14.3. The molecule has 10 heteroatoms. The van der Waals surface area contributed by atoms with Gasteiger partial charge in [0.2, 0.25) is 0 Å². The Morgan fingerprint density at radius 2 is 1.77 bits per heavy atom. The molecule has 216 valence electrons. The fraction of sp³-hybridized carbons (Fsp3) is 0.759. The van der Waals surface area contributed by atoms with Crippen molar-refractivity contribution < 1.29 is 44.7 Å². The summed E-state index contributed by atoms with van der Waals surface area (Å²) in [6, 6.07) is 0. The number of Topliss-reactive ketones (excluding diaryl/α,β-unsaturated/α-hetero) is 1. The number of aliphatic hydroxyl groups excluding tert-OH is 4. The van der Waals surface area contributed by atoms with E-state index < -0.39 is 64.3 Å². The average molecular weight is 548 g/mol. The Labute approximate surface area is 227 Å². The number of hydrogen-bond donors (Lipinski definition) is 6. The molecule has 5 aliphatic carbocycles. The van der Waals surface area contributed by atoms with Crippen molar-refractivity contribution in [2.75, 3.05) is 7.11 Å². The Balaban J connectivity index is 1.49. The van der Waals surface area contributed by atoms with Gasteiger partial charge in [0.05, 0.1) is 30.6 Å². The molecular formula is C29H41NO9. The standard InChI is InChI=1S/C29H41NO9/c1-3-12-6-13(8-15(7-12)28(37)39-2)17-4-5-19(31)22-18(17)10-14-9-16-11-20(32)23(27(30)36)26(35)29(16,38)25(34)21(14)24(22)33/h12-19,22,26,31-32,34-35,38H,3-11H2,1-2H3,(H2,30,36)/t12?,13?,14-,15?,16+,17?,18?,19?,22?,26?,29+/m1/s1. The fourth-order valence-corrected chi connectivity index (χ4v) is 8.98. The molecule has 0 radical (unpaired) electrons. The van der Waals surface area contributed by atoms with Gasteiger partial charge in [0.15, 0.2) is 11.4 Å². The maximum absolute atomic E-state index is 14.0. The third kappa shape index (κ3) is 4.30.